The Morgan fingerprint density at radius 3 is 2.22 bits per heavy atom. The maximum atomic E-state index is 6.03. The van der Waals surface area contributed by atoms with Crippen molar-refractivity contribution >= 4 is 11.6 Å². The molecule has 0 bridgehead atoms. The molecular formula is C14H21ClN2O. The Labute approximate surface area is 114 Å². The Morgan fingerprint density at radius 2 is 1.61 bits per heavy atom. The summed E-state index contributed by atoms with van der Waals surface area (Å²) in [6, 6.07) is 0. The molecule has 1 fully saturated rings. The van der Waals surface area contributed by atoms with Crippen molar-refractivity contribution in [3.63, 3.8) is 0 Å². The summed E-state index contributed by atoms with van der Waals surface area (Å²) in [7, 11) is 0. The highest BCUT2D eigenvalue weighted by atomic mass is 35.5. The summed E-state index contributed by atoms with van der Waals surface area (Å²) in [6.45, 7) is 8.52. The first kappa shape index (κ1) is 13.6. The lowest BCUT2D eigenvalue weighted by Crippen LogP contribution is -2.29. The van der Waals surface area contributed by atoms with Gasteiger partial charge in [0.25, 0.3) is 0 Å². The highest BCUT2D eigenvalue weighted by Gasteiger charge is 2.26. The van der Waals surface area contributed by atoms with Crippen LogP contribution in [0.2, 0.25) is 5.15 Å². The molecule has 0 saturated heterocycles. The molecule has 1 aliphatic carbocycles. The van der Waals surface area contributed by atoms with Crippen molar-refractivity contribution in [3.05, 3.63) is 16.3 Å². The normalized spacial score (nSPS) is 28.2. The number of hydrogen-bond acceptors (Lipinski definition) is 3. The van der Waals surface area contributed by atoms with Crippen LogP contribution in [0.5, 0.6) is 5.88 Å². The van der Waals surface area contributed by atoms with Crippen LogP contribution in [0.3, 0.4) is 0 Å². The van der Waals surface area contributed by atoms with Gasteiger partial charge in [0.05, 0.1) is 0 Å². The van der Waals surface area contributed by atoms with Crippen LogP contribution in [0.15, 0.2) is 0 Å². The summed E-state index contributed by atoms with van der Waals surface area (Å²) in [5, 5.41) is 8.48. The largest absolute Gasteiger partial charge is 0.473 e. The molecule has 100 valence electrons. The Bertz CT molecular complexity index is 426. The van der Waals surface area contributed by atoms with Crippen LogP contribution in [0.25, 0.3) is 0 Å². The van der Waals surface area contributed by atoms with Gasteiger partial charge in [-0.3, -0.25) is 0 Å². The molecule has 0 radical (unpaired) electrons. The smallest absolute Gasteiger partial charge is 0.237 e. The van der Waals surface area contributed by atoms with E-state index in [0.29, 0.717) is 11.0 Å². The fraction of sp³-hybridized carbons (Fsp3) is 0.714. The summed E-state index contributed by atoms with van der Waals surface area (Å²) in [6.07, 6.45) is 3.77. The van der Waals surface area contributed by atoms with E-state index in [9.17, 15) is 0 Å². The molecule has 0 aliphatic heterocycles. The summed E-state index contributed by atoms with van der Waals surface area (Å²) < 4.78 is 6.03. The Morgan fingerprint density at radius 1 is 1.00 bits per heavy atom. The molecule has 0 spiro atoms. The SMILES string of the molecule is Cc1c(Cl)nnc(OC2CC(C)CC(C)C2)c1C. The zero-order valence-electron chi connectivity index (χ0n) is 11.5. The zero-order valence-corrected chi connectivity index (χ0v) is 12.3. The van der Waals surface area contributed by atoms with E-state index >= 15 is 0 Å². The topological polar surface area (TPSA) is 35.0 Å². The van der Waals surface area contributed by atoms with Crippen LogP contribution >= 0.6 is 11.6 Å². The molecule has 0 N–H and O–H groups in total. The minimum atomic E-state index is 0.261. The van der Waals surface area contributed by atoms with Gasteiger partial charge in [0.2, 0.25) is 5.88 Å². The second-order valence-corrected chi connectivity index (χ2v) is 6.06. The fourth-order valence-corrected chi connectivity index (χ4v) is 2.97. The number of hydrogen-bond donors (Lipinski definition) is 0. The zero-order chi connectivity index (χ0) is 13.3. The van der Waals surface area contributed by atoms with Crippen molar-refractivity contribution in [2.75, 3.05) is 0 Å². The second-order valence-electron chi connectivity index (χ2n) is 5.70. The lowest BCUT2D eigenvalue weighted by Gasteiger charge is -2.31. The van der Waals surface area contributed by atoms with E-state index in [1.165, 1.54) is 6.42 Å². The van der Waals surface area contributed by atoms with E-state index in [2.05, 4.69) is 24.0 Å². The van der Waals surface area contributed by atoms with Gasteiger partial charge in [-0.1, -0.05) is 25.4 Å². The van der Waals surface area contributed by atoms with Gasteiger partial charge in [-0.05, 0) is 50.5 Å². The highest BCUT2D eigenvalue weighted by molar-refractivity contribution is 6.30. The third kappa shape index (κ3) is 2.94. The Balaban J connectivity index is 2.12. The lowest BCUT2D eigenvalue weighted by atomic mass is 9.82. The van der Waals surface area contributed by atoms with Crippen LogP contribution in [-0.4, -0.2) is 16.3 Å². The molecule has 4 heteroatoms. The molecule has 2 rings (SSSR count). The van der Waals surface area contributed by atoms with E-state index in [0.717, 1.165) is 35.8 Å². The number of rotatable bonds is 2. The molecule has 0 amide bonds. The van der Waals surface area contributed by atoms with Gasteiger partial charge in [0.15, 0.2) is 5.15 Å². The van der Waals surface area contributed by atoms with Gasteiger partial charge in [-0.25, -0.2) is 0 Å². The van der Waals surface area contributed by atoms with Crippen molar-refractivity contribution in [1.82, 2.24) is 10.2 Å². The first-order valence-corrected chi connectivity index (χ1v) is 7.01. The van der Waals surface area contributed by atoms with Crippen LogP contribution in [0, 0.1) is 25.7 Å². The first-order chi connectivity index (χ1) is 8.47. The molecule has 2 unspecified atom stereocenters. The molecule has 3 nitrogen and oxygen atoms in total. The third-order valence-corrected chi connectivity index (χ3v) is 4.19. The average Bonchev–Trinajstić information content (AvgIpc) is 2.29. The monoisotopic (exact) mass is 268 g/mol. The minimum Gasteiger partial charge on any atom is -0.473 e. The summed E-state index contributed by atoms with van der Waals surface area (Å²) in [5.74, 6) is 2.09. The van der Waals surface area contributed by atoms with Crippen LogP contribution in [0.4, 0.5) is 0 Å². The fourth-order valence-electron chi connectivity index (χ4n) is 2.79. The number of halogens is 1. The molecule has 18 heavy (non-hydrogen) atoms. The predicted molar refractivity (Wildman–Crippen MR) is 73.1 cm³/mol. The summed E-state index contributed by atoms with van der Waals surface area (Å²) >= 11 is 5.95. The van der Waals surface area contributed by atoms with Crippen molar-refractivity contribution in [2.45, 2.75) is 53.1 Å². The summed E-state index contributed by atoms with van der Waals surface area (Å²) in [5.41, 5.74) is 1.96. The molecule has 2 atom stereocenters. The predicted octanol–water partition coefficient (Wildman–Crippen LogP) is 3.95. The molecule has 1 saturated carbocycles. The van der Waals surface area contributed by atoms with Crippen LogP contribution in [-0.2, 0) is 0 Å². The first-order valence-electron chi connectivity index (χ1n) is 6.63. The van der Waals surface area contributed by atoms with Crippen LogP contribution < -0.4 is 4.74 Å². The van der Waals surface area contributed by atoms with Crippen LogP contribution in [0.1, 0.15) is 44.2 Å². The quantitative estimate of drug-likeness (QED) is 0.815. The molecule has 1 aromatic rings. The van der Waals surface area contributed by atoms with Gasteiger partial charge in [-0.15, -0.1) is 10.2 Å². The van der Waals surface area contributed by atoms with E-state index in [1.807, 2.05) is 13.8 Å². The third-order valence-electron chi connectivity index (χ3n) is 3.83. The number of nitrogens with zero attached hydrogens (tertiary/aromatic N) is 2. The average molecular weight is 269 g/mol. The molecular weight excluding hydrogens is 248 g/mol. The van der Waals surface area contributed by atoms with Gasteiger partial charge in [-0.2, -0.15) is 0 Å². The molecule has 1 heterocycles. The van der Waals surface area contributed by atoms with E-state index < -0.39 is 0 Å². The maximum Gasteiger partial charge on any atom is 0.237 e. The number of ether oxygens (including phenoxy) is 1. The van der Waals surface area contributed by atoms with Crippen molar-refractivity contribution in [1.29, 1.82) is 0 Å². The van der Waals surface area contributed by atoms with E-state index in [1.54, 1.807) is 0 Å². The van der Waals surface area contributed by atoms with Gasteiger partial charge >= 0.3 is 0 Å². The maximum absolute atomic E-state index is 6.03. The van der Waals surface area contributed by atoms with Crippen molar-refractivity contribution in [2.24, 2.45) is 11.8 Å². The van der Waals surface area contributed by atoms with E-state index in [-0.39, 0.29) is 6.10 Å². The van der Waals surface area contributed by atoms with Gasteiger partial charge < -0.3 is 4.74 Å². The summed E-state index contributed by atoms with van der Waals surface area (Å²) in [4.78, 5) is 0. The Kier molecular flexibility index (Phi) is 4.10. The molecule has 1 aliphatic rings. The van der Waals surface area contributed by atoms with Crippen molar-refractivity contribution in [3.8, 4) is 5.88 Å². The highest BCUT2D eigenvalue weighted by Crippen LogP contribution is 2.32. The van der Waals surface area contributed by atoms with Gasteiger partial charge in [0.1, 0.15) is 6.10 Å². The van der Waals surface area contributed by atoms with E-state index in [4.69, 9.17) is 16.3 Å². The molecule has 0 aromatic carbocycles. The minimum absolute atomic E-state index is 0.261. The Hall–Kier alpha value is -0.830. The second kappa shape index (κ2) is 5.43. The lowest BCUT2D eigenvalue weighted by molar-refractivity contribution is 0.0949. The molecule has 1 aromatic heterocycles. The van der Waals surface area contributed by atoms with Crippen molar-refractivity contribution < 1.29 is 4.74 Å². The number of aromatic nitrogens is 2. The standard InChI is InChI=1S/C14H21ClN2O/c1-8-5-9(2)7-12(6-8)18-14-11(4)10(3)13(15)16-17-14/h8-9,12H,5-7H2,1-4H3. The van der Waals surface area contributed by atoms with Gasteiger partial charge in [0, 0.05) is 5.56 Å².